The maximum atomic E-state index is 3.69. The van der Waals surface area contributed by atoms with Crippen molar-refractivity contribution in [1.29, 1.82) is 0 Å². The summed E-state index contributed by atoms with van der Waals surface area (Å²) in [7, 11) is 2.26. The topological polar surface area (TPSA) is 15.3 Å². The van der Waals surface area contributed by atoms with Gasteiger partial charge in [0.25, 0.3) is 0 Å². The van der Waals surface area contributed by atoms with Crippen LogP contribution in [0, 0.1) is 0 Å². The van der Waals surface area contributed by atoms with E-state index in [-0.39, 0.29) is 0 Å². The molecule has 3 rings (SSSR count). The van der Waals surface area contributed by atoms with Gasteiger partial charge in [-0.05, 0) is 40.9 Å². The average Bonchev–Trinajstić information content (AvgIpc) is 2.36. The summed E-state index contributed by atoms with van der Waals surface area (Å²) in [6.07, 6.45) is 6.77. The maximum Gasteiger partial charge on any atom is 0.0748 e. The third kappa shape index (κ3) is 1.75. The van der Waals surface area contributed by atoms with E-state index < -0.39 is 0 Å². The van der Waals surface area contributed by atoms with E-state index in [9.17, 15) is 0 Å². The number of rotatable bonds is 0. The zero-order chi connectivity index (χ0) is 11.9. The zero-order valence-electron chi connectivity index (χ0n) is 10.3. The fourth-order valence-electron chi connectivity index (χ4n) is 3.34. The van der Waals surface area contributed by atoms with Crippen molar-refractivity contribution in [1.82, 2.24) is 0 Å². The summed E-state index contributed by atoms with van der Waals surface area (Å²) >= 11 is 3.69. The molecule has 1 saturated carbocycles. The van der Waals surface area contributed by atoms with E-state index >= 15 is 0 Å². The van der Waals surface area contributed by atoms with Gasteiger partial charge in [-0.1, -0.05) is 25.3 Å². The molecule has 2 nitrogen and oxygen atoms in total. The average molecular weight is 295 g/mol. The van der Waals surface area contributed by atoms with Gasteiger partial charge in [-0.2, -0.15) is 0 Å². The molecule has 1 fully saturated rings. The molecule has 0 radical (unpaired) electrons. The highest BCUT2D eigenvalue weighted by molar-refractivity contribution is 9.10. The third-order valence-corrected chi connectivity index (χ3v) is 5.07. The van der Waals surface area contributed by atoms with Crippen LogP contribution in [-0.2, 0) is 0 Å². The highest BCUT2D eigenvalue weighted by atomic mass is 79.9. The first-order chi connectivity index (χ1) is 8.23. The molecule has 0 atom stereocenters. The Balaban J connectivity index is 2.01. The van der Waals surface area contributed by atoms with Crippen LogP contribution in [0.15, 0.2) is 22.7 Å². The lowest BCUT2D eigenvalue weighted by molar-refractivity contribution is 0.294. The van der Waals surface area contributed by atoms with E-state index in [1.165, 1.54) is 48.0 Å². The number of halogens is 1. The number of para-hydroxylation sites is 1. The minimum Gasteiger partial charge on any atom is -0.381 e. The Kier molecular flexibility index (Phi) is 2.81. The summed E-state index contributed by atoms with van der Waals surface area (Å²) in [5, 5.41) is 3.62. The number of hydrogen-bond donors (Lipinski definition) is 1. The minimum atomic E-state index is 0.342. The van der Waals surface area contributed by atoms with E-state index in [1.54, 1.807) is 0 Å². The number of benzene rings is 1. The van der Waals surface area contributed by atoms with Gasteiger partial charge in [-0.25, -0.2) is 0 Å². The normalized spacial score (nSPS) is 22.1. The summed E-state index contributed by atoms with van der Waals surface area (Å²) < 4.78 is 1.20. The molecule has 0 bridgehead atoms. The van der Waals surface area contributed by atoms with Crippen LogP contribution in [0.4, 0.5) is 11.4 Å². The highest BCUT2D eigenvalue weighted by Gasteiger charge is 2.40. The summed E-state index contributed by atoms with van der Waals surface area (Å²) in [6, 6.07) is 6.41. The van der Waals surface area contributed by atoms with Gasteiger partial charge in [0.05, 0.1) is 16.9 Å². The smallest absolute Gasteiger partial charge is 0.0748 e. The van der Waals surface area contributed by atoms with Gasteiger partial charge in [0.1, 0.15) is 0 Å². The van der Waals surface area contributed by atoms with Crippen molar-refractivity contribution in [2.24, 2.45) is 0 Å². The number of nitrogens with zero attached hydrogens (tertiary/aromatic N) is 1. The van der Waals surface area contributed by atoms with Crippen molar-refractivity contribution in [3.63, 3.8) is 0 Å². The standard InChI is InChI=1S/C14H19BrN2/c1-17-13-11(15)6-5-7-12(13)16-10-14(17)8-3-2-4-9-14/h5-7,16H,2-4,8-10H2,1H3. The van der Waals surface area contributed by atoms with Crippen molar-refractivity contribution in [3.05, 3.63) is 22.7 Å². The molecule has 1 aromatic rings. The molecule has 1 aromatic carbocycles. The molecular weight excluding hydrogens is 276 g/mol. The predicted molar refractivity (Wildman–Crippen MR) is 76.9 cm³/mol. The molecule has 0 saturated heterocycles. The summed E-state index contributed by atoms with van der Waals surface area (Å²) in [5.41, 5.74) is 2.94. The highest BCUT2D eigenvalue weighted by Crippen LogP contribution is 2.45. The first-order valence-electron chi connectivity index (χ1n) is 6.49. The Bertz CT molecular complexity index is 424. The number of anilines is 2. The molecule has 1 N–H and O–H groups in total. The summed E-state index contributed by atoms with van der Waals surface area (Å²) in [5.74, 6) is 0. The van der Waals surface area contributed by atoms with E-state index in [4.69, 9.17) is 0 Å². The van der Waals surface area contributed by atoms with Crippen LogP contribution >= 0.6 is 15.9 Å². The fourth-order valence-corrected chi connectivity index (χ4v) is 3.97. The van der Waals surface area contributed by atoms with Gasteiger partial charge in [-0.15, -0.1) is 0 Å². The van der Waals surface area contributed by atoms with Crippen molar-refractivity contribution in [3.8, 4) is 0 Å². The van der Waals surface area contributed by atoms with Crippen LogP contribution in [-0.4, -0.2) is 19.1 Å². The van der Waals surface area contributed by atoms with Crippen LogP contribution in [0.3, 0.4) is 0 Å². The molecule has 0 amide bonds. The van der Waals surface area contributed by atoms with Crippen molar-refractivity contribution >= 4 is 27.3 Å². The zero-order valence-corrected chi connectivity index (χ0v) is 11.9. The predicted octanol–water partition coefficient (Wildman–Crippen LogP) is 4.01. The number of hydrogen-bond acceptors (Lipinski definition) is 2. The van der Waals surface area contributed by atoms with E-state index in [0.29, 0.717) is 5.54 Å². The second-order valence-corrected chi connectivity index (χ2v) is 6.19. The van der Waals surface area contributed by atoms with E-state index in [1.807, 2.05) is 0 Å². The van der Waals surface area contributed by atoms with E-state index in [2.05, 4.69) is 51.4 Å². The Morgan fingerprint density at radius 1 is 1.24 bits per heavy atom. The molecule has 2 aliphatic rings. The lowest BCUT2D eigenvalue weighted by Gasteiger charge is -2.50. The van der Waals surface area contributed by atoms with Crippen LogP contribution in [0.5, 0.6) is 0 Å². The van der Waals surface area contributed by atoms with Crippen molar-refractivity contribution in [2.45, 2.75) is 37.6 Å². The molecule has 3 heteroatoms. The number of nitrogens with one attached hydrogen (secondary N) is 1. The molecule has 1 spiro atoms. The molecule has 1 heterocycles. The molecule has 0 aromatic heterocycles. The van der Waals surface area contributed by atoms with Crippen LogP contribution in [0.25, 0.3) is 0 Å². The Hall–Kier alpha value is -0.700. The van der Waals surface area contributed by atoms with Crippen LogP contribution in [0.1, 0.15) is 32.1 Å². The Morgan fingerprint density at radius 3 is 2.76 bits per heavy atom. The molecule has 92 valence electrons. The lowest BCUT2D eigenvalue weighted by Crippen LogP contribution is -2.55. The van der Waals surface area contributed by atoms with Gasteiger partial charge in [0, 0.05) is 18.1 Å². The molecular formula is C14H19BrN2. The summed E-state index contributed by atoms with van der Waals surface area (Å²) in [4.78, 5) is 2.52. The number of fused-ring (bicyclic) bond motifs is 1. The van der Waals surface area contributed by atoms with Gasteiger partial charge >= 0.3 is 0 Å². The van der Waals surface area contributed by atoms with Crippen molar-refractivity contribution in [2.75, 3.05) is 23.8 Å². The molecule has 1 aliphatic carbocycles. The molecule has 1 aliphatic heterocycles. The molecule has 17 heavy (non-hydrogen) atoms. The minimum absolute atomic E-state index is 0.342. The SMILES string of the molecule is CN1c2c(Br)cccc2NCC12CCCCC2. The second kappa shape index (κ2) is 4.20. The first kappa shape index (κ1) is 11.4. The van der Waals surface area contributed by atoms with Gasteiger partial charge < -0.3 is 10.2 Å². The van der Waals surface area contributed by atoms with Crippen molar-refractivity contribution < 1.29 is 0 Å². The first-order valence-corrected chi connectivity index (χ1v) is 7.28. The number of likely N-dealkylation sites (N-methyl/N-ethyl adjacent to an activating group) is 1. The quantitative estimate of drug-likeness (QED) is 0.778. The van der Waals surface area contributed by atoms with Gasteiger partial charge in [0.15, 0.2) is 0 Å². The summed E-state index contributed by atoms with van der Waals surface area (Å²) in [6.45, 7) is 1.09. The maximum absolute atomic E-state index is 3.69. The molecule has 0 unspecified atom stereocenters. The fraction of sp³-hybridized carbons (Fsp3) is 0.571. The van der Waals surface area contributed by atoms with E-state index in [0.717, 1.165) is 6.54 Å². The van der Waals surface area contributed by atoms with Crippen LogP contribution in [0.2, 0.25) is 0 Å². The largest absolute Gasteiger partial charge is 0.381 e. The van der Waals surface area contributed by atoms with Gasteiger partial charge in [-0.3, -0.25) is 0 Å². The Labute approximate surface area is 112 Å². The van der Waals surface area contributed by atoms with Gasteiger partial charge in [0.2, 0.25) is 0 Å². The third-order valence-electron chi connectivity index (χ3n) is 4.43. The Morgan fingerprint density at radius 2 is 2.00 bits per heavy atom. The second-order valence-electron chi connectivity index (χ2n) is 5.33. The lowest BCUT2D eigenvalue weighted by atomic mass is 9.79. The van der Waals surface area contributed by atoms with Crippen LogP contribution < -0.4 is 10.2 Å². The monoisotopic (exact) mass is 294 g/mol.